The molecular formula is C14H23N3O2S. The molecule has 2 rings (SSSR count). The van der Waals surface area contributed by atoms with Crippen molar-refractivity contribution in [3.8, 4) is 0 Å². The van der Waals surface area contributed by atoms with Gasteiger partial charge in [0.15, 0.2) is 0 Å². The molecule has 0 aliphatic heterocycles. The second-order valence-electron chi connectivity index (χ2n) is 5.35. The summed E-state index contributed by atoms with van der Waals surface area (Å²) in [5.41, 5.74) is 6.83. The Balaban J connectivity index is 1.92. The van der Waals surface area contributed by atoms with E-state index in [1.54, 1.807) is 31.2 Å². The monoisotopic (exact) mass is 297 g/mol. The van der Waals surface area contributed by atoms with Crippen molar-refractivity contribution in [1.82, 2.24) is 4.72 Å². The highest BCUT2D eigenvalue weighted by Gasteiger charge is 2.21. The van der Waals surface area contributed by atoms with Gasteiger partial charge < -0.3 is 11.1 Å². The maximum Gasteiger partial charge on any atom is 0.240 e. The highest BCUT2D eigenvalue weighted by Crippen LogP contribution is 2.24. The Morgan fingerprint density at radius 2 is 1.95 bits per heavy atom. The van der Waals surface area contributed by atoms with Crippen LogP contribution in [-0.2, 0) is 10.0 Å². The predicted molar refractivity (Wildman–Crippen MR) is 81.1 cm³/mol. The fraction of sp³-hybridized carbons (Fsp3) is 0.571. The minimum Gasteiger partial charge on any atom is -0.385 e. The van der Waals surface area contributed by atoms with Crippen LogP contribution in [0.5, 0.6) is 0 Å². The Kier molecular flexibility index (Phi) is 5.01. The maximum atomic E-state index is 11.8. The van der Waals surface area contributed by atoms with E-state index in [9.17, 15) is 8.42 Å². The van der Waals surface area contributed by atoms with Crippen LogP contribution >= 0.6 is 0 Å². The minimum absolute atomic E-state index is 0.299. The van der Waals surface area contributed by atoms with Gasteiger partial charge in [-0.15, -0.1) is 0 Å². The normalized spacial score (nSPS) is 22.9. The van der Waals surface area contributed by atoms with Crippen LogP contribution in [-0.4, -0.2) is 27.5 Å². The van der Waals surface area contributed by atoms with Gasteiger partial charge in [-0.05, 0) is 49.4 Å². The van der Waals surface area contributed by atoms with Crippen LogP contribution in [0, 0.1) is 5.92 Å². The second kappa shape index (κ2) is 6.56. The van der Waals surface area contributed by atoms with Crippen LogP contribution in [0.2, 0.25) is 0 Å². The summed E-state index contributed by atoms with van der Waals surface area (Å²) in [6.07, 6.45) is 3.34. The lowest BCUT2D eigenvalue weighted by Crippen LogP contribution is -2.23. The molecule has 0 bridgehead atoms. The summed E-state index contributed by atoms with van der Waals surface area (Å²) in [5, 5.41) is 3.35. The van der Waals surface area contributed by atoms with Crippen molar-refractivity contribution in [1.29, 1.82) is 0 Å². The van der Waals surface area contributed by atoms with Gasteiger partial charge in [-0.25, -0.2) is 13.1 Å². The Morgan fingerprint density at radius 1 is 1.25 bits per heavy atom. The highest BCUT2D eigenvalue weighted by atomic mass is 32.2. The lowest BCUT2D eigenvalue weighted by atomic mass is 10.1. The molecule has 2 atom stereocenters. The number of sulfonamides is 1. The third kappa shape index (κ3) is 3.94. The van der Waals surface area contributed by atoms with Gasteiger partial charge in [0, 0.05) is 24.8 Å². The molecule has 2 unspecified atom stereocenters. The Labute approximate surface area is 121 Å². The molecule has 6 heteroatoms. The first-order valence-corrected chi connectivity index (χ1v) is 8.58. The highest BCUT2D eigenvalue weighted by molar-refractivity contribution is 7.89. The topological polar surface area (TPSA) is 84.2 Å². The van der Waals surface area contributed by atoms with Crippen molar-refractivity contribution in [3.05, 3.63) is 24.3 Å². The summed E-state index contributed by atoms with van der Waals surface area (Å²) in [7, 11) is -3.36. The zero-order valence-electron chi connectivity index (χ0n) is 11.8. The first-order chi connectivity index (χ1) is 9.51. The minimum atomic E-state index is -3.36. The Hall–Kier alpha value is -1.11. The van der Waals surface area contributed by atoms with Gasteiger partial charge in [-0.1, -0.05) is 6.92 Å². The molecule has 5 nitrogen and oxygen atoms in total. The van der Waals surface area contributed by atoms with Crippen molar-refractivity contribution in [2.45, 2.75) is 37.1 Å². The van der Waals surface area contributed by atoms with Gasteiger partial charge in [0.1, 0.15) is 0 Å². The van der Waals surface area contributed by atoms with Crippen molar-refractivity contribution in [2.75, 3.05) is 18.4 Å². The first-order valence-electron chi connectivity index (χ1n) is 7.10. The summed E-state index contributed by atoms with van der Waals surface area (Å²) in [4.78, 5) is 0.299. The van der Waals surface area contributed by atoms with Gasteiger partial charge in [-0.2, -0.15) is 0 Å². The summed E-state index contributed by atoms with van der Waals surface area (Å²) in [6.45, 7) is 3.05. The SMILES string of the molecule is CCNS(=O)(=O)c1ccc(NCC2CCC(N)C2)cc1. The van der Waals surface area contributed by atoms with Crippen LogP contribution in [0.1, 0.15) is 26.2 Å². The van der Waals surface area contributed by atoms with Gasteiger partial charge in [0.2, 0.25) is 10.0 Å². The van der Waals surface area contributed by atoms with E-state index in [0.717, 1.165) is 25.1 Å². The fourth-order valence-corrected chi connectivity index (χ4v) is 3.63. The number of nitrogens with two attached hydrogens (primary N) is 1. The molecule has 1 aromatic carbocycles. The molecule has 20 heavy (non-hydrogen) atoms. The Morgan fingerprint density at radius 3 is 2.50 bits per heavy atom. The summed E-state index contributed by atoms with van der Waals surface area (Å²) >= 11 is 0. The molecule has 1 saturated carbocycles. The van der Waals surface area contributed by atoms with Crippen LogP contribution in [0.15, 0.2) is 29.2 Å². The smallest absolute Gasteiger partial charge is 0.240 e. The molecule has 0 radical (unpaired) electrons. The van der Waals surface area contributed by atoms with Crippen molar-refractivity contribution in [2.24, 2.45) is 11.7 Å². The molecule has 0 saturated heterocycles. The van der Waals surface area contributed by atoms with E-state index < -0.39 is 10.0 Å². The maximum absolute atomic E-state index is 11.8. The van der Waals surface area contributed by atoms with Crippen LogP contribution < -0.4 is 15.8 Å². The number of rotatable bonds is 6. The fourth-order valence-electron chi connectivity index (χ4n) is 2.59. The van der Waals surface area contributed by atoms with Crippen molar-refractivity contribution >= 4 is 15.7 Å². The van der Waals surface area contributed by atoms with E-state index in [4.69, 9.17) is 5.73 Å². The third-order valence-electron chi connectivity index (χ3n) is 3.68. The lowest BCUT2D eigenvalue weighted by Gasteiger charge is -2.12. The molecule has 0 amide bonds. The summed E-state index contributed by atoms with van der Waals surface area (Å²) < 4.78 is 26.1. The zero-order chi connectivity index (χ0) is 14.6. The molecule has 0 aromatic heterocycles. The van der Waals surface area contributed by atoms with Gasteiger partial charge in [0.05, 0.1) is 4.90 Å². The predicted octanol–water partition coefficient (Wildman–Crippen LogP) is 1.52. The van der Waals surface area contributed by atoms with E-state index in [1.165, 1.54) is 6.42 Å². The zero-order valence-corrected chi connectivity index (χ0v) is 12.6. The molecule has 4 N–H and O–H groups in total. The number of benzene rings is 1. The summed E-state index contributed by atoms with van der Waals surface area (Å²) in [5.74, 6) is 0.621. The van der Waals surface area contributed by atoms with Crippen molar-refractivity contribution < 1.29 is 8.42 Å². The molecule has 1 fully saturated rings. The molecule has 1 aromatic rings. The number of anilines is 1. The first kappa shape index (κ1) is 15.3. The van der Waals surface area contributed by atoms with Crippen LogP contribution in [0.25, 0.3) is 0 Å². The van der Waals surface area contributed by atoms with Crippen LogP contribution in [0.3, 0.4) is 0 Å². The molecule has 1 aliphatic rings. The van der Waals surface area contributed by atoms with Gasteiger partial charge >= 0.3 is 0 Å². The van der Waals surface area contributed by atoms with Crippen LogP contribution in [0.4, 0.5) is 5.69 Å². The second-order valence-corrected chi connectivity index (χ2v) is 7.11. The van der Waals surface area contributed by atoms with E-state index in [2.05, 4.69) is 10.0 Å². The van der Waals surface area contributed by atoms with E-state index >= 15 is 0 Å². The number of hydrogen-bond acceptors (Lipinski definition) is 4. The standard InChI is InChI=1S/C14H23N3O2S/c1-2-17-20(18,19)14-7-5-13(6-8-14)16-10-11-3-4-12(15)9-11/h5-8,11-12,16-17H,2-4,9-10,15H2,1H3. The average molecular weight is 297 g/mol. The lowest BCUT2D eigenvalue weighted by molar-refractivity contribution is 0.565. The van der Waals surface area contributed by atoms with Gasteiger partial charge in [0.25, 0.3) is 0 Å². The van der Waals surface area contributed by atoms with Gasteiger partial charge in [-0.3, -0.25) is 0 Å². The molecule has 0 heterocycles. The van der Waals surface area contributed by atoms with E-state index in [1.807, 2.05) is 0 Å². The largest absolute Gasteiger partial charge is 0.385 e. The summed E-state index contributed by atoms with van der Waals surface area (Å²) in [6, 6.07) is 7.20. The molecular weight excluding hydrogens is 274 g/mol. The quantitative estimate of drug-likeness (QED) is 0.743. The average Bonchev–Trinajstić information content (AvgIpc) is 2.83. The molecule has 0 spiro atoms. The van der Waals surface area contributed by atoms with E-state index in [0.29, 0.717) is 23.4 Å². The number of nitrogens with one attached hydrogen (secondary N) is 2. The molecule has 1 aliphatic carbocycles. The third-order valence-corrected chi connectivity index (χ3v) is 5.24. The molecule has 112 valence electrons. The number of hydrogen-bond donors (Lipinski definition) is 3. The van der Waals surface area contributed by atoms with Crippen molar-refractivity contribution in [3.63, 3.8) is 0 Å². The Bertz CT molecular complexity index is 528. The van der Waals surface area contributed by atoms with E-state index in [-0.39, 0.29) is 0 Å².